The Kier molecular flexibility index (Phi) is 5.79. The number of aromatic nitrogens is 1. The molecule has 1 N–H and O–H groups in total. The molecule has 2 rings (SSSR count). The van der Waals surface area contributed by atoms with Gasteiger partial charge in [-0.05, 0) is 20.8 Å². The molecular weight excluding hydrogens is 332 g/mol. The van der Waals surface area contributed by atoms with E-state index >= 15 is 0 Å². The van der Waals surface area contributed by atoms with Crippen LogP contribution in [0.5, 0.6) is 0 Å². The molecule has 1 amide bonds. The van der Waals surface area contributed by atoms with E-state index in [2.05, 4.69) is 5.32 Å². The molecule has 9 heteroatoms. The molecule has 0 spiro atoms. The topological polar surface area (TPSA) is 113 Å². The predicted molar refractivity (Wildman–Crippen MR) is 84.6 cm³/mol. The number of esters is 3. The highest BCUT2D eigenvalue weighted by molar-refractivity contribution is 6.16. The lowest BCUT2D eigenvalue weighted by molar-refractivity contribution is 0.0457. The Bertz CT molecular complexity index is 721. The molecule has 0 saturated heterocycles. The zero-order valence-electron chi connectivity index (χ0n) is 14.3. The van der Waals surface area contributed by atoms with Crippen molar-refractivity contribution >= 4 is 23.8 Å². The van der Waals surface area contributed by atoms with Crippen molar-refractivity contribution in [3.63, 3.8) is 0 Å². The summed E-state index contributed by atoms with van der Waals surface area (Å²) in [5, 5.41) is 2.59. The number of nitrogens with one attached hydrogen (secondary N) is 1. The van der Waals surface area contributed by atoms with Gasteiger partial charge < -0.3 is 24.1 Å². The van der Waals surface area contributed by atoms with E-state index in [0.717, 1.165) is 0 Å². The number of carbonyl (C=O) groups is 4. The zero-order chi connectivity index (χ0) is 18.6. The fraction of sp³-hybridized carbons (Fsp3) is 0.500. The first-order chi connectivity index (χ1) is 12.0. The van der Waals surface area contributed by atoms with Gasteiger partial charge in [-0.1, -0.05) is 0 Å². The van der Waals surface area contributed by atoms with Crippen LogP contribution >= 0.6 is 0 Å². The van der Waals surface area contributed by atoms with Crippen LogP contribution < -0.4 is 5.32 Å². The van der Waals surface area contributed by atoms with Gasteiger partial charge in [0.1, 0.15) is 22.5 Å². The van der Waals surface area contributed by atoms with E-state index in [-0.39, 0.29) is 55.4 Å². The van der Waals surface area contributed by atoms with Crippen molar-refractivity contribution in [1.82, 2.24) is 9.88 Å². The third-order valence-corrected chi connectivity index (χ3v) is 3.53. The van der Waals surface area contributed by atoms with Gasteiger partial charge in [-0.15, -0.1) is 0 Å². The van der Waals surface area contributed by atoms with Crippen molar-refractivity contribution in [2.75, 3.05) is 26.4 Å². The molecule has 25 heavy (non-hydrogen) atoms. The standard InChI is InChI=1S/C16H20N2O7/c1-4-23-14(20)9-10(15(21)24-5-2)12(16(22)25-6-3)18-8-7-17-13(19)11(9)18/h4-8H2,1-3H3,(H,17,19). The highest BCUT2D eigenvalue weighted by Gasteiger charge is 2.40. The first-order valence-corrected chi connectivity index (χ1v) is 8.03. The molecule has 1 aromatic rings. The molecular formula is C16H20N2O7. The lowest BCUT2D eigenvalue weighted by atomic mass is 10.1. The molecule has 1 aliphatic rings. The Morgan fingerprint density at radius 2 is 1.44 bits per heavy atom. The molecule has 1 aliphatic heterocycles. The SMILES string of the molecule is CCOC(=O)c1c(C(=O)OCC)c(C(=O)OCC)n2c1C(=O)NCC2. The van der Waals surface area contributed by atoms with E-state index in [1.54, 1.807) is 20.8 Å². The maximum absolute atomic E-state index is 12.4. The van der Waals surface area contributed by atoms with Crippen LogP contribution in [0.4, 0.5) is 0 Å². The molecule has 0 unspecified atom stereocenters. The van der Waals surface area contributed by atoms with Crippen LogP contribution in [0.2, 0.25) is 0 Å². The average molecular weight is 352 g/mol. The molecule has 0 atom stereocenters. The average Bonchev–Trinajstić information content (AvgIpc) is 2.92. The number of amides is 1. The summed E-state index contributed by atoms with van der Waals surface area (Å²) in [4.78, 5) is 49.6. The van der Waals surface area contributed by atoms with E-state index in [1.807, 2.05) is 0 Å². The number of fused-ring (bicyclic) bond motifs is 1. The van der Waals surface area contributed by atoms with Gasteiger partial charge in [0.05, 0.1) is 19.8 Å². The van der Waals surface area contributed by atoms with Crippen LogP contribution in [0, 0.1) is 0 Å². The van der Waals surface area contributed by atoms with E-state index in [0.29, 0.717) is 0 Å². The number of nitrogens with zero attached hydrogens (tertiary/aromatic N) is 1. The van der Waals surface area contributed by atoms with Gasteiger partial charge in [0.15, 0.2) is 0 Å². The molecule has 0 aromatic carbocycles. The molecule has 9 nitrogen and oxygen atoms in total. The summed E-state index contributed by atoms with van der Waals surface area (Å²) in [6.45, 7) is 5.41. The van der Waals surface area contributed by atoms with Gasteiger partial charge >= 0.3 is 17.9 Å². The summed E-state index contributed by atoms with van der Waals surface area (Å²) in [6, 6.07) is 0. The van der Waals surface area contributed by atoms with Gasteiger partial charge in [0, 0.05) is 13.1 Å². The maximum atomic E-state index is 12.4. The second-order valence-corrected chi connectivity index (χ2v) is 5.02. The molecule has 0 bridgehead atoms. The van der Waals surface area contributed by atoms with Crippen LogP contribution in [0.3, 0.4) is 0 Å². The highest BCUT2D eigenvalue weighted by atomic mass is 16.5. The predicted octanol–water partition coefficient (Wildman–Crippen LogP) is 0.762. The summed E-state index contributed by atoms with van der Waals surface area (Å²) >= 11 is 0. The molecule has 136 valence electrons. The Balaban J connectivity index is 2.78. The number of carbonyl (C=O) groups excluding carboxylic acids is 4. The first-order valence-electron chi connectivity index (χ1n) is 8.03. The van der Waals surface area contributed by atoms with Gasteiger partial charge in [0.25, 0.3) is 5.91 Å². The van der Waals surface area contributed by atoms with E-state index < -0.39 is 23.8 Å². The summed E-state index contributed by atoms with van der Waals surface area (Å²) in [7, 11) is 0. The molecule has 0 radical (unpaired) electrons. The molecule has 0 fully saturated rings. The van der Waals surface area contributed by atoms with Gasteiger partial charge in [-0.3, -0.25) is 4.79 Å². The normalized spacial score (nSPS) is 12.8. The maximum Gasteiger partial charge on any atom is 0.355 e. The minimum atomic E-state index is -0.886. The Morgan fingerprint density at radius 3 is 2.00 bits per heavy atom. The van der Waals surface area contributed by atoms with Crippen LogP contribution in [-0.4, -0.2) is 54.7 Å². The molecule has 2 heterocycles. The van der Waals surface area contributed by atoms with Gasteiger partial charge in [-0.25, -0.2) is 14.4 Å². The number of ether oxygens (including phenoxy) is 3. The lowest BCUT2D eigenvalue weighted by Gasteiger charge is -2.18. The second kappa shape index (κ2) is 7.82. The van der Waals surface area contributed by atoms with Crippen LogP contribution in [-0.2, 0) is 20.8 Å². The van der Waals surface area contributed by atoms with Crippen molar-refractivity contribution in [3.8, 4) is 0 Å². The molecule has 0 saturated carbocycles. The van der Waals surface area contributed by atoms with Crippen LogP contribution in [0.1, 0.15) is 62.5 Å². The minimum Gasteiger partial charge on any atom is -0.462 e. The largest absolute Gasteiger partial charge is 0.462 e. The third-order valence-electron chi connectivity index (χ3n) is 3.53. The summed E-state index contributed by atoms with van der Waals surface area (Å²) in [5.41, 5.74) is -0.852. The van der Waals surface area contributed by atoms with Gasteiger partial charge in [0.2, 0.25) is 0 Å². The molecule has 0 aliphatic carbocycles. The lowest BCUT2D eigenvalue weighted by Crippen LogP contribution is -2.37. The van der Waals surface area contributed by atoms with Crippen molar-refractivity contribution in [3.05, 3.63) is 22.5 Å². The minimum absolute atomic E-state index is 0.0378. The monoisotopic (exact) mass is 352 g/mol. The highest BCUT2D eigenvalue weighted by Crippen LogP contribution is 2.28. The van der Waals surface area contributed by atoms with E-state index in [9.17, 15) is 19.2 Å². The van der Waals surface area contributed by atoms with E-state index in [1.165, 1.54) is 4.57 Å². The van der Waals surface area contributed by atoms with Crippen molar-refractivity contribution in [1.29, 1.82) is 0 Å². The number of hydrogen-bond acceptors (Lipinski definition) is 7. The third kappa shape index (κ3) is 3.35. The smallest absolute Gasteiger partial charge is 0.355 e. The molecule has 1 aromatic heterocycles. The fourth-order valence-corrected chi connectivity index (χ4v) is 2.66. The number of rotatable bonds is 6. The quantitative estimate of drug-likeness (QED) is 0.594. The Labute approximate surface area is 144 Å². The van der Waals surface area contributed by atoms with Crippen LogP contribution in [0.25, 0.3) is 0 Å². The summed E-state index contributed by atoms with van der Waals surface area (Å²) in [6.07, 6.45) is 0. The Morgan fingerprint density at radius 1 is 0.920 bits per heavy atom. The number of hydrogen-bond donors (Lipinski definition) is 1. The zero-order valence-corrected chi connectivity index (χ0v) is 14.3. The second-order valence-electron chi connectivity index (χ2n) is 5.02. The fourth-order valence-electron chi connectivity index (χ4n) is 2.66. The Hall–Kier alpha value is -2.84. The first kappa shape index (κ1) is 18.5. The summed E-state index contributed by atoms with van der Waals surface area (Å²) < 4.78 is 16.3. The summed E-state index contributed by atoms with van der Waals surface area (Å²) in [5.74, 6) is -3.14. The van der Waals surface area contributed by atoms with Crippen molar-refractivity contribution in [2.24, 2.45) is 0 Å². The van der Waals surface area contributed by atoms with Crippen molar-refractivity contribution in [2.45, 2.75) is 27.3 Å². The van der Waals surface area contributed by atoms with Gasteiger partial charge in [-0.2, -0.15) is 0 Å². The van der Waals surface area contributed by atoms with Crippen molar-refractivity contribution < 1.29 is 33.4 Å². The van der Waals surface area contributed by atoms with E-state index in [4.69, 9.17) is 14.2 Å². The van der Waals surface area contributed by atoms with Crippen LogP contribution in [0.15, 0.2) is 0 Å².